The van der Waals surface area contributed by atoms with Crippen LogP contribution >= 0.6 is 12.2 Å². The minimum atomic E-state index is -0.199. The van der Waals surface area contributed by atoms with Gasteiger partial charge in [-0.25, -0.2) is 0 Å². The number of carbonyl (C=O) groups is 1. The summed E-state index contributed by atoms with van der Waals surface area (Å²) in [6.45, 7) is 6.39. The van der Waals surface area contributed by atoms with Gasteiger partial charge in [0.1, 0.15) is 6.61 Å². The maximum absolute atomic E-state index is 12.0. The average Bonchev–Trinajstić information content (AvgIpc) is 3.41. The van der Waals surface area contributed by atoms with Crippen LogP contribution in [0.5, 0.6) is 0 Å². The molecular formula is C30H31N5O2S. The molecule has 0 aliphatic carbocycles. The van der Waals surface area contributed by atoms with Crippen LogP contribution in [0.1, 0.15) is 40.3 Å². The van der Waals surface area contributed by atoms with Gasteiger partial charge < -0.3 is 24.8 Å². The van der Waals surface area contributed by atoms with Crippen molar-refractivity contribution in [3.05, 3.63) is 107 Å². The minimum absolute atomic E-state index is 0.00626. The maximum atomic E-state index is 12.0. The Balaban J connectivity index is 1.57. The molecule has 2 N–H and O–H groups in total. The summed E-state index contributed by atoms with van der Waals surface area (Å²) in [5.41, 5.74) is 8.37. The Labute approximate surface area is 228 Å². The van der Waals surface area contributed by atoms with Crippen LogP contribution in [-0.4, -0.2) is 34.3 Å². The lowest BCUT2D eigenvalue weighted by Gasteiger charge is -2.28. The Morgan fingerprint density at radius 2 is 1.74 bits per heavy atom. The summed E-state index contributed by atoms with van der Waals surface area (Å²) in [4.78, 5) is 18.8. The number of nitrogens with one attached hydrogen (secondary N) is 2. The molecule has 0 radical (unpaired) electrons. The van der Waals surface area contributed by atoms with Crippen LogP contribution in [0, 0.1) is 20.8 Å². The van der Waals surface area contributed by atoms with Crippen LogP contribution in [0.2, 0.25) is 0 Å². The van der Waals surface area contributed by atoms with Crippen LogP contribution in [0.25, 0.3) is 5.69 Å². The standard InChI is InChI=1S/C30H31N5O2S/c1-19-8-12-23(13-9-19)34-20(2)17-25(21(34)3)29-28(26-7-5-6-16-31-26)33-30(38)35(29)24-14-10-22(11-15-24)32-27(36)18-37-4/h5-17,28-29H,18H2,1-4H3,(H,32,36)(H,33,38)/t28-,29-/m0/s1. The maximum Gasteiger partial charge on any atom is 0.250 e. The van der Waals surface area contributed by atoms with Crippen LogP contribution in [0.3, 0.4) is 0 Å². The first-order chi connectivity index (χ1) is 18.4. The third-order valence-electron chi connectivity index (χ3n) is 6.88. The zero-order valence-corrected chi connectivity index (χ0v) is 22.8. The monoisotopic (exact) mass is 525 g/mol. The van der Waals surface area contributed by atoms with Gasteiger partial charge >= 0.3 is 0 Å². The molecule has 1 fully saturated rings. The number of aromatic nitrogens is 2. The molecule has 8 heteroatoms. The number of methoxy groups -OCH3 is 1. The summed E-state index contributed by atoms with van der Waals surface area (Å²) < 4.78 is 7.21. The number of hydrogen-bond donors (Lipinski definition) is 2. The molecule has 4 aromatic rings. The first-order valence-corrected chi connectivity index (χ1v) is 12.9. The van der Waals surface area contributed by atoms with Gasteiger partial charge in [-0.15, -0.1) is 0 Å². The fraction of sp³-hybridized carbons (Fsp3) is 0.233. The van der Waals surface area contributed by atoms with Gasteiger partial charge in [-0.2, -0.15) is 0 Å². The summed E-state index contributed by atoms with van der Waals surface area (Å²) in [5, 5.41) is 7.01. The SMILES string of the molecule is COCC(=O)Nc1ccc(N2C(=S)N[C@@H](c3ccccn3)[C@@H]2c2cc(C)n(-c3ccc(C)cc3)c2C)cc1. The molecule has 2 aromatic heterocycles. The Kier molecular flexibility index (Phi) is 7.26. The molecule has 1 aliphatic rings. The van der Waals surface area contributed by atoms with Crippen LogP contribution < -0.4 is 15.5 Å². The van der Waals surface area contributed by atoms with Crippen LogP contribution in [0.15, 0.2) is 79.0 Å². The van der Waals surface area contributed by atoms with Crippen molar-refractivity contribution in [3.8, 4) is 5.69 Å². The van der Waals surface area contributed by atoms with E-state index in [-0.39, 0.29) is 24.6 Å². The summed E-state index contributed by atoms with van der Waals surface area (Å²) in [6.07, 6.45) is 1.81. The minimum Gasteiger partial charge on any atom is -0.375 e. The van der Waals surface area contributed by atoms with E-state index in [1.54, 1.807) is 0 Å². The van der Waals surface area contributed by atoms with E-state index in [2.05, 4.69) is 76.2 Å². The van der Waals surface area contributed by atoms with Crippen molar-refractivity contribution in [2.24, 2.45) is 0 Å². The van der Waals surface area contributed by atoms with Gasteiger partial charge in [0.15, 0.2) is 5.11 Å². The van der Waals surface area contributed by atoms with Crippen molar-refractivity contribution >= 4 is 34.6 Å². The highest BCUT2D eigenvalue weighted by atomic mass is 32.1. The number of ether oxygens (including phenoxy) is 1. The molecule has 0 spiro atoms. The van der Waals surface area contributed by atoms with Crippen molar-refractivity contribution in [2.45, 2.75) is 32.9 Å². The highest BCUT2D eigenvalue weighted by Crippen LogP contribution is 2.43. The van der Waals surface area contributed by atoms with Gasteiger partial charge in [0.05, 0.1) is 17.8 Å². The molecule has 5 rings (SSSR count). The number of anilines is 2. The molecule has 7 nitrogen and oxygen atoms in total. The molecule has 0 saturated carbocycles. The second kappa shape index (κ2) is 10.8. The Morgan fingerprint density at radius 1 is 1.03 bits per heavy atom. The lowest BCUT2D eigenvalue weighted by molar-refractivity contribution is -0.119. The van der Waals surface area contributed by atoms with E-state index in [4.69, 9.17) is 17.0 Å². The molecule has 3 heterocycles. The number of benzene rings is 2. The topological polar surface area (TPSA) is 71.4 Å². The van der Waals surface area contributed by atoms with Crippen LogP contribution in [-0.2, 0) is 9.53 Å². The number of carbonyl (C=O) groups excluding carboxylic acids is 1. The van der Waals surface area contributed by atoms with E-state index in [9.17, 15) is 4.79 Å². The molecule has 0 bridgehead atoms. The van der Waals surface area contributed by atoms with E-state index in [1.807, 2.05) is 48.7 Å². The highest BCUT2D eigenvalue weighted by molar-refractivity contribution is 7.80. The first-order valence-electron chi connectivity index (χ1n) is 12.5. The number of hydrogen-bond acceptors (Lipinski definition) is 4. The zero-order valence-electron chi connectivity index (χ0n) is 21.9. The molecule has 1 saturated heterocycles. The van der Waals surface area contributed by atoms with Crippen molar-refractivity contribution < 1.29 is 9.53 Å². The molecule has 0 unspecified atom stereocenters. The molecule has 194 valence electrons. The molecule has 2 atom stereocenters. The Hall–Kier alpha value is -4.01. The predicted molar refractivity (Wildman–Crippen MR) is 155 cm³/mol. The van der Waals surface area contributed by atoms with Crippen molar-refractivity contribution in [1.82, 2.24) is 14.9 Å². The fourth-order valence-corrected chi connectivity index (χ4v) is 5.51. The second-order valence-electron chi connectivity index (χ2n) is 9.52. The van der Waals surface area contributed by atoms with Gasteiger partial charge in [-0.1, -0.05) is 23.8 Å². The third-order valence-corrected chi connectivity index (χ3v) is 7.20. The van der Waals surface area contributed by atoms with E-state index < -0.39 is 0 Å². The van der Waals surface area contributed by atoms with Crippen molar-refractivity contribution in [2.75, 3.05) is 23.9 Å². The smallest absolute Gasteiger partial charge is 0.250 e. The summed E-state index contributed by atoms with van der Waals surface area (Å²) >= 11 is 5.90. The summed E-state index contributed by atoms with van der Waals surface area (Å²) in [5.74, 6) is -0.199. The molecule has 38 heavy (non-hydrogen) atoms. The molecule has 2 aromatic carbocycles. The number of amides is 1. The average molecular weight is 526 g/mol. The largest absolute Gasteiger partial charge is 0.375 e. The summed E-state index contributed by atoms with van der Waals surface area (Å²) in [6, 6.07) is 24.2. The second-order valence-corrected chi connectivity index (χ2v) is 9.91. The van der Waals surface area contributed by atoms with E-state index in [0.717, 1.165) is 28.5 Å². The lowest BCUT2D eigenvalue weighted by Crippen LogP contribution is -2.29. The predicted octanol–water partition coefficient (Wildman–Crippen LogP) is 5.56. The highest BCUT2D eigenvalue weighted by Gasteiger charge is 2.42. The number of thiocarbonyl (C=S) groups is 1. The normalized spacial score (nSPS) is 16.9. The Morgan fingerprint density at radius 3 is 2.39 bits per heavy atom. The van der Waals surface area contributed by atoms with E-state index in [1.165, 1.54) is 18.2 Å². The molecule has 1 aliphatic heterocycles. The van der Waals surface area contributed by atoms with Gasteiger partial charge in [0.2, 0.25) is 5.91 Å². The van der Waals surface area contributed by atoms with Crippen molar-refractivity contribution in [3.63, 3.8) is 0 Å². The quantitative estimate of drug-likeness (QED) is 0.308. The van der Waals surface area contributed by atoms with Crippen LogP contribution in [0.4, 0.5) is 11.4 Å². The molecular weight excluding hydrogens is 494 g/mol. The van der Waals surface area contributed by atoms with Gasteiger partial charge in [-0.3, -0.25) is 9.78 Å². The third kappa shape index (κ3) is 4.92. The Bertz CT molecular complexity index is 1450. The molecule has 1 amide bonds. The summed E-state index contributed by atoms with van der Waals surface area (Å²) in [7, 11) is 1.50. The van der Waals surface area contributed by atoms with E-state index >= 15 is 0 Å². The lowest BCUT2D eigenvalue weighted by atomic mass is 9.96. The number of nitrogens with zero attached hydrogens (tertiary/aromatic N) is 3. The van der Waals surface area contributed by atoms with Crippen molar-refractivity contribution in [1.29, 1.82) is 0 Å². The van der Waals surface area contributed by atoms with Gasteiger partial charge in [-0.05, 0) is 93.1 Å². The number of pyridine rings is 1. The first kappa shape index (κ1) is 25.6. The number of aryl methyl sites for hydroxylation is 2. The fourth-order valence-electron chi connectivity index (χ4n) is 5.16. The van der Waals surface area contributed by atoms with E-state index in [0.29, 0.717) is 10.8 Å². The number of rotatable bonds is 7. The zero-order chi connectivity index (χ0) is 26.8. The van der Waals surface area contributed by atoms with Gasteiger partial charge in [0, 0.05) is 41.8 Å². The van der Waals surface area contributed by atoms with Gasteiger partial charge in [0.25, 0.3) is 0 Å².